The molecule has 0 atom stereocenters. The molecule has 0 unspecified atom stereocenters. The monoisotopic (exact) mass is 395 g/mol. The van der Waals surface area contributed by atoms with Crippen LogP contribution in [0.4, 0.5) is 5.69 Å². The summed E-state index contributed by atoms with van der Waals surface area (Å²) >= 11 is 1.12. The van der Waals surface area contributed by atoms with Gasteiger partial charge in [0.2, 0.25) is 5.91 Å². The Bertz CT molecular complexity index is 1030. The third-order valence-corrected chi connectivity index (χ3v) is 4.97. The van der Waals surface area contributed by atoms with Crippen LogP contribution in [0.1, 0.15) is 11.1 Å². The number of carbonyl (C=O) groups excluding carboxylic acids is 1. The molecule has 0 aliphatic heterocycles. The Kier molecular flexibility index (Phi) is 6.16. The van der Waals surface area contributed by atoms with E-state index in [1.165, 1.54) is 4.57 Å². The topological polar surface area (TPSA) is 73.2 Å². The molecule has 0 aliphatic carbocycles. The number of hydrogen-bond donors (Lipinski definition) is 1. The van der Waals surface area contributed by atoms with Gasteiger partial charge >= 0.3 is 0 Å². The number of rotatable bonds is 6. The molecule has 0 bridgehead atoms. The van der Waals surface area contributed by atoms with Gasteiger partial charge in [-0.3, -0.25) is 14.2 Å². The number of anilines is 1. The molecule has 1 amide bonds. The summed E-state index contributed by atoms with van der Waals surface area (Å²) in [5.74, 6) is 0.626. The van der Waals surface area contributed by atoms with Gasteiger partial charge in [-0.25, -0.2) is 4.98 Å². The van der Waals surface area contributed by atoms with Gasteiger partial charge in [0.1, 0.15) is 5.75 Å². The van der Waals surface area contributed by atoms with Gasteiger partial charge in [0.05, 0.1) is 12.9 Å². The van der Waals surface area contributed by atoms with E-state index in [2.05, 4.69) is 10.3 Å². The van der Waals surface area contributed by atoms with Gasteiger partial charge in [-0.2, -0.15) is 0 Å². The lowest BCUT2D eigenvalue weighted by Gasteiger charge is -2.09. The van der Waals surface area contributed by atoms with E-state index in [-0.39, 0.29) is 22.2 Å². The number of amides is 1. The first kappa shape index (κ1) is 19.7. The van der Waals surface area contributed by atoms with Crippen LogP contribution in [0, 0.1) is 13.8 Å². The first-order valence-corrected chi connectivity index (χ1v) is 9.68. The normalized spacial score (nSPS) is 10.5. The number of ether oxygens (including phenoxy) is 1. The predicted molar refractivity (Wildman–Crippen MR) is 112 cm³/mol. The van der Waals surface area contributed by atoms with Crippen molar-refractivity contribution in [2.75, 3.05) is 18.2 Å². The van der Waals surface area contributed by atoms with Crippen molar-refractivity contribution in [3.63, 3.8) is 0 Å². The highest BCUT2D eigenvalue weighted by Crippen LogP contribution is 2.17. The van der Waals surface area contributed by atoms with Crippen molar-refractivity contribution in [2.24, 2.45) is 0 Å². The van der Waals surface area contributed by atoms with Crippen LogP contribution in [0.2, 0.25) is 0 Å². The summed E-state index contributed by atoms with van der Waals surface area (Å²) in [6.45, 7) is 3.96. The first-order valence-electron chi connectivity index (χ1n) is 8.69. The molecular formula is C21H21N3O3S. The van der Waals surface area contributed by atoms with Crippen LogP contribution in [0.3, 0.4) is 0 Å². The van der Waals surface area contributed by atoms with Crippen LogP contribution in [-0.4, -0.2) is 28.3 Å². The average molecular weight is 395 g/mol. The van der Waals surface area contributed by atoms with Crippen LogP contribution in [0.15, 0.2) is 64.7 Å². The SMILES string of the molecule is COc1ccc(-n2ccnc(SCC(=O)Nc3cc(C)cc(C)c3)c2=O)cc1. The van der Waals surface area contributed by atoms with Crippen molar-refractivity contribution in [1.82, 2.24) is 9.55 Å². The second kappa shape index (κ2) is 8.75. The second-order valence-electron chi connectivity index (χ2n) is 6.32. The quantitative estimate of drug-likeness (QED) is 0.646. The number of hydrogen-bond acceptors (Lipinski definition) is 5. The van der Waals surface area contributed by atoms with E-state index in [4.69, 9.17) is 4.74 Å². The lowest BCUT2D eigenvalue weighted by Crippen LogP contribution is -2.22. The van der Waals surface area contributed by atoms with Crippen molar-refractivity contribution in [3.05, 3.63) is 76.3 Å². The maximum absolute atomic E-state index is 12.7. The van der Waals surface area contributed by atoms with Gasteiger partial charge in [-0.15, -0.1) is 0 Å². The van der Waals surface area contributed by atoms with Crippen molar-refractivity contribution in [3.8, 4) is 11.4 Å². The van der Waals surface area contributed by atoms with E-state index < -0.39 is 0 Å². The van der Waals surface area contributed by atoms with E-state index in [1.807, 2.05) is 32.0 Å². The van der Waals surface area contributed by atoms with Crippen molar-refractivity contribution < 1.29 is 9.53 Å². The Morgan fingerprint density at radius 2 is 1.82 bits per heavy atom. The van der Waals surface area contributed by atoms with Gasteiger partial charge in [-0.05, 0) is 61.4 Å². The summed E-state index contributed by atoms with van der Waals surface area (Å²) in [7, 11) is 1.59. The summed E-state index contributed by atoms with van der Waals surface area (Å²) in [5.41, 5.74) is 3.34. The molecule has 28 heavy (non-hydrogen) atoms. The highest BCUT2D eigenvalue weighted by atomic mass is 32.2. The highest BCUT2D eigenvalue weighted by Gasteiger charge is 2.11. The molecule has 0 radical (unpaired) electrons. The molecule has 3 rings (SSSR count). The Morgan fingerprint density at radius 1 is 1.14 bits per heavy atom. The molecule has 0 saturated heterocycles. The number of thioether (sulfide) groups is 1. The van der Waals surface area contributed by atoms with Crippen molar-refractivity contribution in [1.29, 1.82) is 0 Å². The van der Waals surface area contributed by atoms with E-state index in [0.717, 1.165) is 28.6 Å². The van der Waals surface area contributed by atoms with Crippen LogP contribution in [0.5, 0.6) is 5.75 Å². The minimum atomic E-state index is -0.267. The number of aromatic nitrogens is 2. The van der Waals surface area contributed by atoms with E-state index in [1.54, 1.807) is 43.8 Å². The van der Waals surface area contributed by atoms with E-state index in [0.29, 0.717) is 11.4 Å². The standard InChI is InChI=1S/C21H21N3O3S/c1-14-10-15(2)12-16(11-14)23-19(25)13-28-20-21(26)24(9-8-22-20)17-4-6-18(27-3)7-5-17/h4-12H,13H2,1-3H3,(H,23,25). The second-order valence-corrected chi connectivity index (χ2v) is 7.28. The minimum Gasteiger partial charge on any atom is -0.497 e. The molecule has 0 fully saturated rings. The smallest absolute Gasteiger partial charge is 0.287 e. The zero-order valence-corrected chi connectivity index (χ0v) is 16.7. The third kappa shape index (κ3) is 4.80. The number of methoxy groups -OCH3 is 1. The number of carbonyl (C=O) groups is 1. The van der Waals surface area contributed by atoms with Crippen LogP contribution < -0.4 is 15.6 Å². The zero-order chi connectivity index (χ0) is 20.1. The van der Waals surface area contributed by atoms with E-state index >= 15 is 0 Å². The molecule has 0 spiro atoms. The van der Waals surface area contributed by atoms with Gasteiger partial charge in [0, 0.05) is 23.8 Å². The van der Waals surface area contributed by atoms with Gasteiger partial charge in [0.15, 0.2) is 5.03 Å². The highest BCUT2D eigenvalue weighted by molar-refractivity contribution is 7.99. The summed E-state index contributed by atoms with van der Waals surface area (Å²) in [4.78, 5) is 29.1. The lowest BCUT2D eigenvalue weighted by molar-refractivity contribution is -0.113. The molecule has 0 saturated carbocycles. The van der Waals surface area contributed by atoms with Gasteiger partial charge in [0.25, 0.3) is 5.56 Å². The van der Waals surface area contributed by atoms with Crippen molar-refractivity contribution >= 4 is 23.4 Å². The zero-order valence-electron chi connectivity index (χ0n) is 15.9. The Labute approximate surface area is 167 Å². The molecule has 144 valence electrons. The predicted octanol–water partition coefficient (Wildman–Crippen LogP) is 3.59. The summed E-state index contributed by atoms with van der Waals surface area (Å²) in [6.07, 6.45) is 3.15. The van der Waals surface area contributed by atoms with Crippen LogP contribution >= 0.6 is 11.8 Å². The number of benzene rings is 2. The summed E-state index contributed by atoms with van der Waals surface area (Å²) in [5, 5.41) is 3.13. The van der Waals surface area contributed by atoms with Gasteiger partial charge in [-0.1, -0.05) is 17.8 Å². The van der Waals surface area contributed by atoms with Crippen molar-refractivity contribution in [2.45, 2.75) is 18.9 Å². The molecule has 3 aromatic rings. The maximum atomic E-state index is 12.7. The molecule has 1 aromatic heterocycles. The summed E-state index contributed by atoms with van der Waals surface area (Å²) < 4.78 is 6.64. The van der Waals surface area contributed by atoms with Crippen LogP contribution in [-0.2, 0) is 4.79 Å². The average Bonchev–Trinajstić information content (AvgIpc) is 2.66. The molecule has 0 aliphatic rings. The molecule has 1 N–H and O–H groups in total. The maximum Gasteiger partial charge on any atom is 0.287 e. The summed E-state index contributed by atoms with van der Waals surface area (Å²) in [6, 6.07) is 13.0. The Morgan fingerprint density at radius 3 is 2.46 bits per heavy atom. The first-order chi connectivity index (χ1) is 13.5. The molecule has 2 aromatic carbocycles. The lowest BCUT2D eigenvalue weighted by atomic mass is 10.1. The molecule has 7 heteroatoms. The third-order valence-electron chi connectivity index (χ3n) is 4.01. The molecule has 6 nitrogen and oxygen atoms in total. The van der Waals surface area contributed by atoms with Gasteiger partial charge < -0.3 is 10.1 Å². The molecular weight excluding hydrogens is 374 g/mol. The van der Waals surface area contributed by atoms with E-state index in [9.17, 15) is 9.59 Å². The fourth-order valence-electron chi connectivity index (χ4n) is 2.82. The van der Waals surface area contributed by atoms with Crippen LogP contribution in [0.25, 0.3) is 5.69 Å². The largest absolute Gasteiger partial charge is 0.497 e. The molecule has 1 heterocycles. The number of nitrogens with one attached hydrogen (secondary N) is 1. The number of aryl methyl sites for hydroxylation is 2. The fraction of sp³-hybridized carbons (Fsp3) is 0.190. The Balaban J connectivity index is 1.70. The fourth-order valence-corrected chi connectivity index (χ4v) is 3.51. The number of nitrogens with zero attached hydrogens (tertiary/aromatic N) is 2. The Hall–Kier alpha value is -3.06. The minimum absolute atomic E-state index is 0.0991.